The molecule has 1 aliphatic rings. The third-order valence-electron chi connectivity index (χ3n) is 5.79. The van der Waals surface area contributed by atoms with Crippen molar-refractivity contribution >= 4 is 11.8 Å². The predicted molar refractivity (Wildman–Crippen MR) is 93.3 cm³/mol. The summed E-state index contributed by atoms with van der Waals surface area (Å²) in [4.78, 5) is 27.9. The molecule has 0 unspecified atom stereocenters. The molecule has 5 heteroatoms. The fourth-order valence-electron chi connectivity index (χ4n) is 3.99. The Balaban J connectivity index is 2.15. The number of nitrogens with two attached hydrogens (primary N) is 1. The van der Waals surface area contributed by atoms with Gasteiger partial charge in [-0.1, -0.05) is 13.8 Å². The molecule has 0 aliphatic heterocycles. The highest BCUT2D eigenvalue weighted by atomic mass is 16.5. The number of carbonyl (C=O) groups excluding carboxylic acids is 2. The second-order valence-electron chi connectivity index (χ2n) is 7.39. The first kappa shape index (κ1) is 18.7. The summed E-state index contributed by atoms with van der Waals surface area (Å²) in [6, 6.07) is 0.328. The van der Waals surface area contributed by atoms with Crippen molar-refractivity contribution in [3.63, 3.8) is 0 Å². The lowest BCUT2D eigenvalue weighted by Crippen LogP contribution is -2.97. The molecule has 1 aromatic heterocycles. The first-order valence-electron chi connectivity index (χ1n) is 8.94. The van der Waals surface area contributed by atoms with E-state index in [1.807, 2.05) is 6.92 Å². The van der Waals surface area contributed by atoms with Crippen molar-refractivity contribution in [2.45, 2.75) is 66.0 Å². The zero-order chi connectivity index (χ0) is 18.0. The molecule has 4 atom stereocenters. The van der Waals surface area contributed by atoms with Crippen molar-refractivity contribution in [2.75, 3.05) is 7.11 Å². The van der Waals surface area contributed by atoms with E-state index in [-0.39, 0.29) is 11.8 Å². The van der Waals surface area contributed by atoms with Gasteiger partial charge >= 0.3 is 5.97 Å². The van der Waals surface area contributed by atoms with Crippen molar-refractivity contribution in [1.82, 2.24) is 4.98 Å². The Morgan fingerprint density at radius 2 is 1.92 bits per heavy atom. The van der Waals surface area contributed by atoms with Crippen LogP contribution in [0, 0.1) is 25.7 Å². The molecule has 2 rings (SSSR count). The van der Waals surface area contributed by atoms with Gasteiger partial charge in [-0.3, -0.25) is 4.79 Å². The van der Waals surface area contributed by atoms with E-state index >= 15 is 0 Å². The second kappa shape index (κ2) is 7.51. The monoisotopic (exact) mass is 335 g/mol. The molecule has 0 aromatic carbocycles. The smallest absolute Gasteiger partial charge is 0.339 e. The standard InChI is InChI=1S/C19H30N2O3/c1-10-8-7-9-15(11(10)2)20-14(5)18(22)17-12(3)16(13(4)21-17)19(23)24-6/h10-11,14-15,20-21H,7-9H2,1-6H3/p+1/t10-,11-,14-,15+/m0/s1. The van der Waals surface area contributed by atoms with Crippen molar-refractivity contribution in [3.05, 3.63) is 22.5 Å². The van der Waals surface area contributed by atoms with E-state index in [9.17, 15) is 9.59 Å². The molecule has 0 spiro atoms. The van der Waals surface area contributed by atoms with Crippen molar-refractivity contribution in [1.29, 1.82) is 0 Å². The van der Waals surface area contributed by atoms with Gasteiger partial charge in [0.15, 0.2) is 0 Å². The van der Waals surface area contributed by atoms with Crippen LogP contribution in [0.4, 0.5) is 0 Å². The van der Waals surface area contributed by atoms with Gasteiger partial charge in [-0.05, 0) is 51.5 Å². The summed E-state index contributed by atoms with van der Waals surface area (Å²) in [5, 5.41) is 2.22. The number of H-pyrrole nitrogens is 1. The molecule has 1 aliphatic carbocycles. The fourth-order valence-corrected chi connectivity index (χ4v) is 3.99. The molecule has 3 N–H and O–H groups in total. The number of hydrogen-bond donors (Lipinski definition) is 2. The Bertz CT molecular complexity index is 620. The van der Waals surface area contributed by atoms with Crippen molar-refractivity contribution in [2.24, 2.45) is 11.8 Å². The molecule has 134 valence electrons. The number of ketones is 1. The Hall–Kier alpha value is -1.62. The highest BCUT2D eigenvalue weighted by Gasteiger charge is 2.34. The average Bonchev–Trinajstić information content (AvgIpc) is 2.85. The molecule has 1 fully saturated rings. The largest absolute Gasteiger partial charge is 0.465 e. The number of esters is 1. The zero-order valence-electron chi connectivity index (χ0n) is 15.7. The molecule has 5 nitrogen and oxygen atoms in total. The number of aryl methyl sites for hydroxylation is 1. The summed E-state index contributed by atoms with van der Waals surface area (Å²) < 4.78 is 4.82. The first-order valence-corrected chi connectivity index (χ1v) is 8.94. The lowest BCUT2D eigenvalue weighted by molar-refractivity contribution is -0.714. The minimum Gasteiger partial charge on any atom is -0.465 e. The van der Waals surface area contributed by atoms with E-state index in [4.69, 9.17) is 4.74 Å². The third kappa shape index (κ3) is 3.56. The molecule has 1 saturated carbocycles. The van der Waals surface area contributed by atoms with E-state index in [1.54, 1.807) is 13.8 Å². The second-order valence-corrected chi connectivity index (χ2v) is 7.39. The number of rotatable bonds is 5. The van der Waals surface area contributed by atoms with Gasteiger partial charge in [-0.15, -0.1) is 0 Å². The topological polar surface area (TPSA) is 75.8 Å². The summed E-state index contributed by atoms with van der Waals surface area (Å²) in [5.74, 6) is 0.983. The molecule has 24 heavy (non-hydrogen) atoms. The number of nitrogens with one attached hydrogen (secondary N) is 1. The Kier molecular flexibility index (Phi) is 5.86. The zero-order valence-corrected chi connectivity index (χ0v) is 15.7. The summed E-state index contributed by atoms with van der Waals surface area (Å²) in [6.45, 7) is 10.2. The first-order chi connectivity index (χ1) is 11.3. The highest BCUT2D eigenvalue weighted by molar-refractivity contribution is 6.03. The van der Waals surface area contributed by atoms with Crippen LogP contribution in [0.2, 0.25) is 0 Å². The van der Waals surface area contributed by atoms with Crippen LogP contribution < -0.4 is 5.32 Å². The molecule has 0 bridgehead atoms. The Morgan fingerprint density at radius 3 is 2.54 bits per heavy atom. The van der Waals surface area contributed by atoms with Gasteiger partial charge < -0.3 is 15.0 Å². The molecular formula is C19H31N2O3+. The van der Waals surface area contributed by atoms with Crippen LogP contribution in [0.25, 0.3) is 0 Å². The van der Waals surface area contributed by atoms with Crippen molar-refractivity contribution < 1.29 is 19.6 Å². The Labute approximate surface area is 144 Å². The molecule has 0 saturated heterocycles. The molecular weight excluding hydrogens is 304 g/mol. The number of aromatic nitrogens is 1. The third-order valence-corrected chi connectivity index (χ3v) is 5.79. The fraction of sp³-hybridized carbons (Fsp3) is 0.684. The van der Waals surface area contributed by atoms with E-state index in [2.05, 4.69) is 24.1 Å². The van der Waals surface area contributed by atoms with Gasteiger partial charge in [0.1, 0.15) is 6.04 Å². The van der Waals surface area contributed by atoms with Crippen molar-refractivity contribution in [3.8, 4) is 0 Å². The van der Waals surface area contributed by atoms with Crippen LogP contribution in [-0.2, 0) is 4.74 Å². The number of hydrogen-bond acceptors (Lipinski definition) is 3. The van der Waals surface area contributed by atoms with E-state index in [0.29, 0.717) is 40.4 Å². The Morgan fingerprint density at radius 1 is 1.25 bits per heavy atom. The SMILES string of the molecule is COC(=O)c1c(C)[nH]c(C(=O)[C@H](C)[NH2+][C@@H]2CCC[C@H](C)[C@@H]2C)c1C. The molecule has 0 radical (unpaired) electrons. The van der Waals surface area contributed by atoms with E-state index in [1.165, 1.54) is 26.4 Å². The maximum absolute atomic E-state index is 12.9. The van der Waals surface area contributed by atoms with Gasteiger partial charge in [0, 0.05) is 11.6 Å². The molecule has 1 heterocycles. The number of aromatic amines is 1. The minimum atomic E-state index is -0.397. The van der Waals surface area contributed by atoms with Crippen LogP contribution >= 0.6 is 0 Å². The predicted octanol–water partition coefficient (Wildman–Crippen LogP) is 2.38. The van der Waals surface area contributed by atoms with Gasteiger partial charge in [-0.2, -0.15) is 0 Å². The number of Topliss-reactive ketones (excluding diaryl/α,β-unsaturated/α-hetero) is 1. The van der Waals surface area contributed by atoms with Crippen LogP contribution in [-0.4, -0.2) is 35.9 Å². The van der Waals surface area contributed by atoms with Gasteiger partial charge in [-0.25, -0.2) is 4.79 Å². The number of methoxy groups -OCH3 is 1. The van der Waals surface area contributed by atoms with Crippen LogP contribution in [0.1, 0.15) is 72.1 Å². The van der Waals surface area contributed by atoms with E-state index in [0.717, 1.165) is 0 Å². The van der Waals surface area contributed by atoms with Crippen LogP contribution in [0.5, 0.6) is 0 Å². The molecule has 1 aromatic rings. The average molecular weight is 335 g/mol. The quantitative estimate of drug-likeness (QED) is 0.641. The number of ether oxygens (including phenoxy) is 1. The summed E-state index contributed by atoms with van der Waals surface area (Å²) in [6.07, 6.45) is 3.69. The molecule has 0 amide bonds. The lowest BCUT2D eigenvalue weighted by Gasteiger charge is -2.33. The van der Waals surface area contributed by atoms with Crippen LogP contribution in [0.3, 0.4) is 0 Å². The summed E-state index contributed by atoms with van der Waals surface area (Å²) >= 11 is 0. The summed E-state index contributed by atoms with van der Waals surface area (Å²) in [7, 11) is 1.36. The lowest BCUT2D eigenvalue weighted by atomic mass is 9.77. The van der Waals surface area contributed by atoms with Crippen LogP contribution in [0.15, 0.2) is 0 Å². The normalized spacial score (nSPS) is 25.3. The maximum Gasteiger partial charge on any atom is 0.339 e. The number of carbonyl (C=O) groups is 2. The van der Waals surface area contributed by atoms with Gasteiger partial charge in [0.05, 0.1) is 24.4 Å². The maximum atomic E-state index is 12.9. The summed E-state index contributed by atoms with van der Waals surface area (Å²) in [5.41, 5.74) is 2.39. The highest BCUT2D eigenvalue weighted by Crippen LogP contribution is 2.28. The minimum absolute atomic E-state index is 0.0520. The van der Waals surface area contributed by atoms with E-state index < -0.39 is 5.97 Å². The van der Waals surface area contributed by atoms with Gasteiger partial charge in [0.2, 0.25) is 5.78 Å². The van der Waals surface area contributed by atoms with Gasteiger partial charge in [0.25, 0.3) is 0 Å². The number of quaternary nitrogens is 1.